The van der Waals surface area contributed by atoms with E-state index in [0.29, 0.717) is 18.1 Å². The maximum Gasteiger partial charge on any atom is 0.322 e. The summed E-state index contributed by atoms with van der Waals surface area (Å²) < 4.78 is 4.86. The Bertz CT molecular complexity index is 1210. The zero-order valence-corrected chi connectivity index (χ0v) is 22.3. The molecule has 0 aliphatic carbocycles. The van der Waals surface area contributed by atoms with Crippen LogP contribution in [-0.4, -0.2) is 32.8 Å². The molecule has 7 heteroatoms. The summed E-state index contributed by atoms with van der Waals surface area (Å²) >= 11 is 7.62. The van der Waals surface area contributed by atoms with Gasteiger partial charge in [0.1, 0.15) is 22.5 Å². The highest BCUT2D eigenvalue weighted by atomic mass is 35.5. The molecule has 3 aromatic rings. The number of carbonyl (C=O) groups excluding carboxylic acids is 1. The van der Waals surface area contributed by atoms with Gasteiger partial charge in [-0.05, 0) is 64.4 Å². The van der Waals surface area contributed by atoms with Crippen molar-refractivity contribution in [1.29, 1.82) is 0 Å². The van der Waals surface area contributed by atoms with Crippen molar-refractivity contribution in [3.05, 3.63) is 71.5 Å². The zero-order chi connectivity index (χ0) is 25.6. The van der Waals surface area contributed by atoms with Gasteiger partial charge in [0, 0.05) is 28.1 Å². The maximum absolute atomic E-state index is 12.6. The quantitative estimate of drug-likeness (QED) is 0.193. The fourth-order valence-electron chi connectivity index (χ4n) is 3.27. The van der Waals surface area contributed by atoms with Crippen molar-refractivity contribution in [3.63, 3.8) is 0 Å². The molecule has 0 radical (unpaired) electrons. The summed E-state index contributed by atoms with van der Waals surface area (Å²) in [6, 6.07) is 17.6. The number of thioether (sulfide) groups is 1. The van der Waals surface area contributed by atoms with E-state index in [0.717, 1.165) is 27.5 Å². The lowest BCUT2D eigenvalue weighted by Crippen LogP contribution is -2.36. The molecule has 0 aliphatic rings. The Morgan fingerprint density at radius 1 is 1.09 bits per heavy atom. The number of ether oxygens (including phenoxy) is 1. The number of carbonyl (C=O) groups is 1. The number of esters is 1. The van der Waals surface area contributed by atoms with Crippen molar-refractivity contribution in [2.45, 2.75) is 56.4 Å². The highest BCUT2D eigenvalue weighted by Crippen LogP contribution is 2.35. The normalized spacial score (nSPS) is 11.6. The SMILES string of the molecule is C#CCN(Cc1ccc(SC(C)(C)C(=O)OC(C)(C)C)cc1)c1cc(-c2cccc(Cl)c2)ncn1. The molecule has 0 amide bonds. The molecule has 0 bridgehead atoms. The average Bonchev–Trinajstić information content (AvgIpc) is 2.79. The van der Waals surface area contributed by atoms with E-state index in [2.05, 4.69) is 15.9 Å². The first-order valence-electron chi connectivity index (χ1n) is 11.2. The van der Waals surface area contributed by atoms with E-state index in [1.54, 1.807) is 0 Å². The van der Waals surface area contributed by atoms with Crippen molar-refractivity contribution < 1.29 is 9.53 Å². The number of hydrogen-bond donors (Lipinski definition) is 0. The van der Waals surface area contributed by atoms with E-state index in [1.165, 1.54) is 18.1 Å². The van der Waals surface area contributed by atoms with Crippen LogP contribution in [-0.2, 0) is 16.1 Å². The summed E-state index contributed by atoms with van der Waals surface area (Å²) in [7, 11) is 0. The second kappa shape index (κ2) is 11.2. The number of aromatic nitrogens is 2. The highest BCUT2D eigenvalue weighted by molar-refractivity contribution is 8.01. The van der Waals surface area contributed by atoms with Crippen molar-refractivity contribution in [3.8, 4) is 23.6 Å². The Morgan fingerprint density at radius 3 is 2.43 bits per heavy atom. The van der Waals surface area contributed by atoms with Crippen molar-refractivity contribution in [1.82, 2.24) is 9.97 Å². The summed E-state index contributed by atoms with van der Waals surface area (Å²) in [6.45, 7) is 10.3. The smallest absolute Gasteiger partial charge is 0.322 e. The summed E-state index contributed by atoms with van der Waals surface area (Å²) in [5, 5.41) is 0.649. The van der Waals surface area contributed by atoms with Gasteiger partial charge < -0.3 is 9.64 Å². The van der Waals surface area contributed by atoms with Gasteiger partial charge in [0.2, 0.25) is 0 Å². The van der Waals surface area contributed by atoms with Crippen LogP contribution >= 0.6 is 23.4 Å². The molecule has 0 aliphatic heterocycles. The van der Waals surface area contributed by atoms with Crippen LogP contribution in [0.2, 0.25) is 5.02 Å². The van der Waals surface area contributed by atoms with Crippen molar-refractivity contribution in [2.75, 3.05) is 11.4 Å². The van der Waals surface area contributed by atoms with Gasteiger partial charge in [-0.25, -0.2) is 9.97 Å². The number of terminal acetylenes is 1. The molecular weight excluding hydrogens is 478 g/mol. The minimum absolute atomic E-state index is 0.237. The van der Waals surface area contributed by atoms with E-state index in [-0.39, 0.29) is 5.97 Å². The van der Waals surface area contributed by atoms with E-state index in [1.807, 2.05) is 94.1 Å². The lowest BCUT2D eigenvalue weighted by atomic mass is 10.1. The van der Waals surface area contributed by atoms with Crippen LogP contribution in [0.5, 0.6) is 0 Å². The molecule has 1 aromatic heterocycles. The standard InChI is InChI=1S/C28H30ClN3O2S/c1-7-15-32(25-17-24(30-19-31-25)21-9-8-10-22(29)16-21)18-20-11-13-23(14-12-20)35-28(5,6)26(33)34-27(2,3)4/h1,8-14,16-17,19H,15,18H2,2-6H3. The van der Waals surface area contributed by atoms with Crippen LogP contribution in [0.15, 0.2) is 65.8 Å². The lowest BCUT2D eigenvalue weighted by molar-refractivity contribution is -0.156. The predicted octanol–water partition coefficient (Wildman–Crippen LogP) is 6.65. The van der Waals surface area contributed by atoms with Gasteiger partial charge in [0.05, 0.1) is 12.2 Å². The topological polar surface area (TPSA) is 55.3 Å². The fraction of sp³-hybridized carbons (Fsp3) is 0.321. The number of rotatable bonds is 8. The summed E-state index contributed by atoms with van der Waals surface area (Å²) in [5.74, 6) is 3.21. The van der Waals surface area contributed by atoms with Gasteiger partial charge in [-0.1, -0.05) is 41.8 Å². The third-order valence-electron chi connectivity index (χ3n) is 4.94. The van der Waals surface area contributed by atoms with Crippen LogP contribution in [0.4, 0.5) is 5.82 Å². The number of benzene rings is 2. The van der Waals surface area contributed by atoms with Crippen molar-refractivity contribution in [2.24, 2.45) is 0 Å². The molecule has 0 fully saturated rings. The Kier molecular flexibility index (Phi) is 8.47. The van der Waals surface area contributed by atoms with E-state index in [9.17, 15) is 4.79 Å². The molecule has 0 spiro atoms. The minimum atomic E-state index is -0.706. The van der Waals surface area contributed by atoms with Crippen LogP contribution in [0.1, 0.15) is 40.2 Å². The average molecular weight is 508 g/mol. The molecule has 3 rings (SSSR count). The van der Waals surface area contributed by atoms with E-state index in [4.69, 9.17) is 22.8 Å². The lowest BCUT2D eigenvalue weighted by Gasteiger charge is -2.28. The third kappa shape index (κ3) is 7.74. The van der Waals surface area contributed by atoms with Crippen LogP contribution in [0.25, 0.3) is 11.3 Å². The second-order valence-corrected chi connectivity index (χ2v) is 11.7. The molecule has 1 heterocycles. The van der Waals surface area contributed by atoms with Gasteiger partial charge in [-0.15, -0.1) is 18.2 Å². The molecule has 2 aromatic carbocycles. The largest absolute Gasteiger partial charge is 0.459 e. The van der Waals surface area contributed by atoms with Crippen molar-refractivity contribution >= 4 is 35.1 Å². The fourth-order valence-corrected chi connectivity index (χ4v) is 4.45. The Balaban J connectivity index is 1.74. The molecule has 0 atom stereocenters. The molecular formula is C28H30ClN3O2S. The number of halogens is 1. The first-order valence-corrected chi connectivity index (χ1v) is 12.4. The monoisotopic (exact) mass is 507 g/mol. The molecule has 0 N–H and O–H groups in total. The van der Waals surface area contributed by atoms with Gasteiger partial charge in [0.15, 0.2) is 0 Å². The summed E-state index contributed by atoms with van der Waals surface area (Å²) in [4.78, 5) is 24.4. The Hall–Kier alpha value is -3.01. The molecule has 5 nitrogen and oxygen atoms in total. The van der Waals surface area contributed by atoms with Gasteiger partial charge in [-0.3, -0.25) is 4.79 Å². The summed E-state index contributed by atoms with van der Waals surface area (Å²) in [5.41, 5.74) is 2.24. The second-order valence-electron chi connectivity index (χ2n) is 9.59. The third-order valence-corrected chi connectivity index (χ3v) is 6.36. The highest BCUT2D eigenvalue weighted by Gasteiger charge is 2.33. The number of hydrogen-bond acceptors (Lipinski definition) is 6. The van der Waals surface area contributed by atoms with Crippen LogP contribution in [0.3, 0.4) is 0 Å². The molecule has 0 unspecified atom stereocenters. The van der Waals surface area contributed by atoms with E-state index >= 15 is 0 Å². The maximum atomic E-state index is 12.6. The van der Waals surface area contributed by atoms with Crippen LogP contribution in [0, 0.1) is 12.3 Å². The van der Waals surface area contributed by atoms with Gasteiger partial charge >= 0.3 is 5.97 Å². The molecule has 0 saturated heterocycles. The van der Waals surface area contributed by atoms with Gasteiger partial charge in [0.25, 0.3) is 0 Å². The minimum Gasteiger partial charge on any atom is -0.459 e. The predicted molar refractivity (Wildman–Crippen MR) is 145 cm³/mol. The number of anilines is 1. The Labute approximate surface area is 217 Å². The first-order chi connectivity index (χ1) is 16.5. The first kappa shape index (κ1) is 26.6. The zero-order valence-electron chi connectivity index (χ0n) is 20.7. The summed E-state index contributed by atoms with van der Waals surface area (Å²) in [6.07, 6.45) is 7.19. The number of nitrogens with zero attached hydrogens (tertiary/aromatic N) is 3. The van der Waals surface area contributed by atoms with Crippen LogP contribution < -0.4 is 4.90 Å². The molecule has 182 valence electrons. The van der Waals surface area contributed by atoms with Gasteiger partial charge in [-0.2, -0.15) is 0 Å². The molecule has 0 saturated carbocycles. The molecule has 35 heavy (non-hydrogen) atoms. The van der Waals surface area contributed by atoms with E-state index < -0.39 is 10.3 Å². The Morgan fingerprint density at radius 2 is 1.80 bits per heavy atom.